The number of aliphatic imine (C=N–C) groups is 1. The zero-order valence-electron chi connectivity index (χ0n) is 20.2. The van der Waals surface area contributed by atoms with E-state index >= 15 is 0 Å². The van der Waals surface area contributed by atoms with Crippen LogP contribution in [-0.2, 0) is 15.5 Å². The highest BCUT2D eigenvalue weighted by atomic mass is 35.5. The summed E-state index contributed by atoms with van der Waals surface area (Å²) in [7, 11) is 0.824. The van der Waals surface area contributed by atoms with Crippen molar-refractivity contribution in [2.24, 2.45) is 15.8 Å². The maximum Gasteiger partial charge on any atom is 0.236 e. The van der Waals surface area contributed by atoms with E-state index in [0.717, 1.165) is 46.0 Å². The Labute approximate surface area is 204 Å². The van der Waals surface area contributed by atoms with Crippen molar-refractivity contribution in [3.63, 3.8) is 0 Å². The highest BCUT2D eigenvalue weighted by Gasteiger charge is 2.32. The maximum atomic E-state index is 12.3. The first-order chi connectivity index (χ1) is 15.6. The minimum atomic E-state index is -1.02. The number of hydrazone groups is 1. The van der Waals surface area contributed by atoms with E-state index < -0.39 is 17.0 Å². The van der Waals surface area contributed by atoms with Crippen LogP contribution in [0.15, 0.2) is 72.9 Å². The second kappa shape index (κ2) is 10.7. The van der Waals surface area contributed by atoms with E-state index in [0.29, 0.717) is 17.3 Å². The molecular weight excluding hydrogens is 456 g/mol. The summed E-state index contributed by atoms with van der Waals surface area (Å²) in [4.78, 5) is 5.62. The average molecular weight is 489 g/mol. The monoisotopic (exact) mass is 488 g/mol. The van der Waals surface area contributed by atoms with Crippen LogP contribution in [0, 0.1) is 0 Å². The van der Waals surface area contributed by atoms with E-state index in [1.165, 1.54) is 5.57 Å². The van der Waals surface area contributed by atoms with Crippen molar-refractivity contribution >= 4 is 34.0 Å². The Morgan fingerprint density at radius 2 is 1.97 bits per heavy atom. The number of nitrogens with two attached hydrogens (primary N) is 1. The molecule has 0 spiro atoms. The van der Waals surface area contributed by atoms with Crippen molar-refractivity contribution in [3.8, 4) is 0 Å². The molecule has 8 heteroatoms. The first kappa shape index (κ1) is 25.2. The third kappa shape index (κ3) is 5.76. The smallest absolute Gasteiger partial charge is 0.236 e. The van der Waals surface area contributed by atoms with Gasteiger partial charge in [0.15, 0.2) is 0 Å². The highest BCUT2D eigenvalue weighted by Crippen LogP contribution is 2.32. The van der Waals surface area contributed by atoms with Gasteiger partial charge in [-0.15, -0.1) is 5.10 Å². The molecule has 0 saturated carbocycles. The molecular formula is C25H33ClN4O2S. The normalized spacial score (nSPS) is 21.0. The predicted octanol–water partition coefficient (Wildman–Crippen LogP) is 5.43. The minimum absolute atomic E-state index is 0.0718. The van der Waals surface area contributed by atoms with E-state index in [1.807, 2.05) is 65.1 Å². The van der Waals surface area contributed by atoms with Gasteiger partial charge in [0.05, 0.1) is 10.8 Å². The molecule has 1 aromatic carbocycles. The molecule has 0 aromatic heterocycles. The molecule has 2 aliphatic rings. The first-order valence-corrected chi connectivity index (χ1v) is 12.8. The lowest BCUT2D eigenvalue weighted by molar-refractivity contribution is 0.109. The van der Waals surface area contributed by atoms with E-state index in [-0.39, 0.29) is 5.25 Å². The van der Waals surface area contributed by atoms with E-state index in [1.54, 1.807) is 5.01 Å². The summed E-state index contributed by atoms with van der Waals surface area (Å²) in [5.41, 5.74) is 11.3. The van der Waals surface area contributed by atoms with Crippen LogP contribution in [0.1, 0.15) is 59.4 Å². The highest BCUT2D eigenvalue weighted by molar-refractivity contribution is 7.85. The van der Waals surface area contributed by atoms with Crippen LogP contribution in [-0.4, -0.2) is 39.4 Å². The van der Waals surface area contributed by atoms with Crippen LogP contribution in [0.3, 0.4) is 0 Å². The molecule has 1 aliphatic heterocycles. The van der Waals surface area contributed by atoms with Gasteiger partial charge in [-0.05, 0) is 56.9 Å². The quantitative estimate of drug-likeness (QED) is 0.519. The Kier molecular flexibility index (Phi) is 8.19. The molecule has 0 fully saturated rings. The molecule has 1 heterocycles. The summed E-state index contributed by atoms with van der Waals surface area (Å²) in [6.07, 6.45) is 4.12. The third-order valence-corrected chi connectivity index (χ3v) is 7.68. The molecule has 178 valence electrons. The molecule has 0 radical (unpaired) electrons. The number of halogens is 1. The molecule has 2 N–H and O–H groups in total. The van der Waals surface area contributed by atoms with Crippen LogP contribution >= 0.6 is 11.6 Å². The third-order valence-electron chi connectivity index (χ3n) is 5.71. The molecule has 1 aromatic rings. The van der Waals surface area contributed by atoms with Gasteiger partial charge in [0, 0.05) is 39.2 Å². The van der Waals surface area contributed by atoms with Gasteiger partial charge in [0.2, 0.25) is 12.1 Å². The molecule has 1 aliphatic carbocycles. The standard InChI is InChI=1S/C25H33ClN4O2S/c1-7-18-8-9-20(14-22(18)26)24-29-30(6)25(32-24)23(16(4)27)28-17(5)19-10-12-21(13-11-19)33(31)15(2)3/h10-15,25H,7-9,27H2,1-6H3/b23-16-,28-17?. The number of likely N-dealkylation sites (N-methyl/N-ethyl adjacent to an activating group) is 1. The van der Waals surface area contributed by atoms with Crippen molar-refractivity contribution < 1.29 is 8.95 Å². The fraction of sp³-hybridized carbons (Fsp3) is 0.440. The zero-order valence-corrected chi connectivity index (χ0v) is 21.8. The largest absolute Gasteiger partial charge is 0.445 e. The van der Waals surface area contributed by atoms with Gasteiger partial charge in [-0.3, -0.25) is 9.22 Å². The van der Waals surface area contributed by atoms with Gasteiger partial charge < -0.3 is 10.5 Å². The number of allylic oxidation sites excluding steroid dienone is 4. The lowest BCUT2D eigenvalue weighted by Gasteiger charge is -2.21. The summed E-state index contributed by atoms with van der Waals surface area (Å²) in [6.45, 7) is 9.74. The molecule has 0 bridgehead atoms. The summed E-state index contributed by atoms with van der Waals surface area (Å²) in [5, 5.41) is 7.18. The molecule has 3 rings (SSSR count). The first-order valence-electron chi connectivity index (χ1n) is 11.2. The fourth-order valence-electron chi connectivity index (χ4n) is 3.71. The lowest BCUT2D eigenvalue weighted by atomic mass is 9.96. The fourth-order valence-corrected chi connectivity index (χ4v) is 5.01. The van der Waals surface area contributed by atoms with Crippen LogP contribution in [0.5, 0.6) is 0 Å². The number of ether oxygens (including phenoxy) is 1. The average Bonchev–Trinajstić information content (AvgIpc) is 3.17. The van der Waals surface area contributed by atoms with Crippen LogP contribution in [0.2, 0.25) is 0 Å². The molecule has 2 atom stereocenters. The van der Waals surface area contributed by atoms with Gasteiger partial charge >= 0.3 is 0 Å². The Morgan fingerprint density at radius 3 is 2.52 bits per heavy atom. The summed E-state index contributed by atoms with van der Waals surface area (Å²) < 4.78 is 18.5. The van der Waals surface area contributed by atoms with Crippen LogP contribution in [0.4, 0.5) is 0 Å². The van der Waals surface area contributed by atoms with E-state index in [9.17, 15) is 4.21 Å². The summed E-state index contributed by atoms with van der Waals surface area (Å²) in [6, 6.07) is 7.65. The van der Waals surface area contributed by atoms with E-state index in [4.69, 9.17) is 27.1 Å². The minimum Gasteiger partial charge on any atom is -0.445 e. The van der Waals surface area contributed by atoms with Crippen molar-refractivity contribution in [2.75, 3.05) is 7.05 Å². The Balaban J connectivity index is 1.82. The van der Waals surface area contributed by atoms with Gasteiger partial charge in [0.25, 0.3) is 0 Å². The number of hydrogen-bond acceptors (Lipinski definition) is 6. The lowest BCUT2D eigenvalue weighted by Crippen LogP contribution is -2.28. The molecule has 0 saturated heterocycles. The van der Waals surface area contributed by atoms with Crippen molar-refractivity contribution in [1.82, 2.24) is 5.01 Å². The van der Waals surface area contributed by atoms with Gasteiger partial charge in [-0.25, -0.2) is 4.99 Å². The van der Waals surface area contributed by atoms with Gasteiger partial charge in [-0.1, -0.05) is 50.1 Å². The number of benzene rings is 1. The molecule has 0 amide bonds. The number of rotatable bonds is 7. The molecule has 33 heavy (non-hydrogen) atoms. The Morgan fingerprint density at radius 1 is 1.30 bits per heavy atom. The topological polar surface area (TPSA) is 80.3 Å². The summed E-state index contributed by atoms with van der Waals surface area (Å²) >= 11 is 6.44. The van der Waals surface area contributed by atoms with E-state index in [2.05, 4.69) is 12.0 Å². The van der Waals surface area contributed by atoms with Gasteiger partial charge in [0.1, 0.15) is 5.70 Å². The predicted molar refractivity (Wildman–Crippen MR) is 138 cm³/mol. The second-order valence-corrected chi connectivity index (χ2v) is 11.0. The van der Waals surface area contributed by atoms with Crippen LogP contribution < -0.4 is 5.73 Å². The zero-order chi connectivity index (χ0) is 24.3. The van der Waals surface area contributed by atoms with Crippen molar-refractivity contribution in [1.29, 1.82) is 0 Å². The van der Waals surface area contributed by atoms with Gasteiger partial charge in [-0.2, -0.15) is 0 Å². The SMILES string of the molecule is CCC1=C(Cl)C=C(C2=NN(C)C(/C(N=C(C)c3ccc(S(=O)C(C)C)cc3)=C(\C)N)O2)CC1. The van der Waals surface area contributed by atoms with Crippen molar-refractivity contribution in [3.05, 3.63) is 63.5 Å². The molecule has 2 unspecified atom stereocenters. The second-order valence-electron chi connectivity index (χ2n) is 8.56. The van der Waals surface area contributed by atoms with Crippen LogP contribution in [0.25, 0.3) is 0 Å². The number of nitrogens with zero attached hydrogens (tertiary/aromatic N) is 3. The van der Waals surface area contributed by atoms with Crippen molar-refractivity contribution in [2.45, 2.75) is 70.3 Å². The Bertz CT molecular complexity index is 1080. The Hall–Kier alpha value is -2.38. The molecule has 6 nitrogen and oxygen atoms in total. The summed E-state index contributed by atoms with van der Waals surface area (Å²) in [5.74, 6) is 0.558. The number of hydrogen-bond donors (Lipinski definition) is 1. The maximum absolute atomic E-state index is 12.3.